The van der Waals surface area contributed by atoms with Gasteiger partial charge in [0, 0.05) is 139 Å². The Hall–Kier alpha value is -4.05. The molecule has 6 fully saturated rings. The van der Waals surface area contributed by atoms with E-state index in [4.69, 9.17) is 42.3 Å². The number of nitrogens with one attached hydrogen (secondary N) is 1. The van der Waals surface area contributed by atoms with Crippen molar-refractivity contribution in [3.8, 4) is 22.5 Å². The van der Waals surface area contributed by atoms with Crippen LogP contribution in [0, 0.1) is 53.3 Å². The van der Waals surface area contributed by atoms with Crippen molar-refractivity contribution in [2.75, 3.05) is 80.1 Å². The second-order valence-corrected chi connectivity index (χ2v) is 43.2. The Balaban J connectivity index is 0.593. The van der Waals surface area contributed by atoms with Crippen LogP contribution in [0.25, 0.3) is 33.4 Å². The van der Waals surface area contributed by atoms with Crippen LogP contribution in [0.2, 0.25) is 0 Å². The van der Waals surface area contributed by atoms with E-state index in [9.17, 15) is 50.8 Å². The number of esters is 1. The first-order valence-corrected chi connectivity index (χ1v) is 50.7. The topological polar surface area (TPSA) is 303 Å². The van der Waals surface area contributed by atoms with E-state index in [0.29, 0.717) is 96.6 Å². The van der Waals surface area contributed by atoms with Crippen molar-refractivity contribution in [2.24, 2.45) is 53.3 Å². The molecule has 7 heterocycles. The van der Waals surface area contributed by atoms with Crippen LogP contribution in [0.4, 0.5) is 5.69 Å². The van der Waals surface area contributed by atoms with Gasteiger partial charge >= 0.3 is 11.9 Å². The molecule has 1 aliphatic carbocycles. The lowest BCUT2D eigenvalue weighted by Crippen LogP contribution is -2.58. The first-order valence-electron chi connectivity index (χ1n) is 42.6. The molecule has 10 rings (SSSR count). The second-order valence-electron chi connectivity index (χ2n) is 34.4. The zero-order valence-corrected chi connectivity index (χ0v) is 76.1. The number of methoxy groups -OCH3 is 1. The molecule has 0 saturated carbocycles. The fourth-order valence-electron chi connectivity index (χ4n) is 19.2. The van der Waals surface area contributed by atoms with Gasteiger partial charge in [-0.3, -0.25) is 23.7 Å². The van der Waals surface area contributed by atoms with Gasteiger partial charge in [-0.05, 0) is 167 Å². The summed E-state index contributed by atoms with van der Waals surface area (Å²) in [5.41, 5.74) is 1.39. The van der Waals surface area contributed by atoms with Gasteiger partial charge in [0.15, 0.2) is 21.4 Å². The van der Waals surface area contributed by atoms with Crippen LogP contribution in [0.3, 0.4) is 0 Å². The number of carboxylic acids is 1. The molecule has 21 atom stereocenters. The number of amides is 1. The number of aliphatic carboxylic acids is 1. The van der Waals surface area contributed by atoms with Gasteiger partial charge in [-0.1, -0.05) is 111 Å². The maximum absolute atomic E-state index is 13.9. The third-order valence-corrected chi connectivity index (χ3v) is 33.8. The van der Waals surface area contributed by atoms with Gasteiger partial charge in [-0.25, -0.2) is 13.0 Å². The SMILES string of the molecule is CCN(CC)c1ccc2c(-c3ccc(S(=O)(=O)CCCSSC[C@@H](CC(=O)[C@H](C)CCCCNC(=O)CCSSCCOC(=O)[C@H](C)C4O[C@@H](C[C@@H]5C[C@@H](OC)[C@@H](C)[C@]6(O5)O[C@@](C)(C5CC[C@@](C)([C@@H]7O[C@@H]([C@@H]8O[C@@](O)(CC)[C@H](C)C[C@@H]8C)C[C@@H]7C)O5)C[C@H]6C)CC[C@@H]4C)C(=O)O)cc3S(=O)(=O)O)c3ccc(=[N+](CC)CC)cc-3oc2c1. The van der Waals surface area contributed by atoms with Crippen LogP contribution in [0.15, 0.2) is 68.8 Å². The highest BCUT2D eigenvalue weighted by Gasteiger charge is 2.65. The molecule has 0 bridgehead atoms. The number of unbranched alkanes of at least 4 members (excludes halogenated alkanes) is 1. The summed E-state index contributed by atoms with van der Waals surface area (Å²) in [5, 5.41) is 25.9. The van der Waals surface area contributed by atoms with E-state index in [2.05, 4.69) is 70.2 Å². The normalized spacial score (nSPS) is 31.2. The number of fused-ring (bicyclic) bond motifs is 2. The van der Waals surface area contributed by atoms with E-state index in [-0.39, 0.29) is 149 Å². The molecule has 0 radical (unpaired) electrons. The first-order chi connectivity index (χ1) is 55.0. The Bertz CT molecular complexity index is 4270. The van der Waals surface area contributed by atoms with E-state index in [1.54, 1.807) is 35.6 Å². The molecule has 2 aromatic carbocycles. The summed E-state index contributed by atoms with van der Waals surface area (Å²) < 4.78 is 128. The molecule has 2 aromatic rings. The minimum Gasteiger partial charge on any atom is -0.481 e. The fraction of sp³-hybridized carbons (Fsp3) is 0.736. The molecule has 4 N–H and O–H groups in total. The number of aliphatic hydroxyl groups is 1. The van der Waals surface area contributed by atoms with Crippen molar-refractivity contribution in [3.63, 3.8) is 0 Å². The number of sulfone groups is 1. The van der Waals surface area contributed by atoms with E-state index >= 15 is 0 Å². The molecule has 29 heteroatoms. The van der Waals surface area contributed by atoms with Crippen molar-refractivity contribution in [3.05, 3.63) is 60.0 Å². The lowest BCUT2D eigenvalue weighted by Gasteiger charge is -2.50. The maximum atomic E-state index is 13.9. The van der Waals surface area contributed by atoms with Gasteiger partial charge in [-0.2, -0.15) is 8.42 Å². The molecule has 6 saturated heterocycles. The summed E-state index contributed by atoms with van der Waals surface area (Å²) in [5.74, 6) is -3.12. The number of rotatable bonds is 40. The fourth-order valence-corrected chi connectivity index (χ4v) is 25.8. The molecule has 7 aliphatic heterocycles. The standard InChI is InChI=1S/C87H131N3O20S6/c1-17-86(96)57(10)43-55(8)80(109-86)74-44-56(9)81(106-74)84(14)36-34-76(108-84)85(15)51-58(11)87(110-85)60(13)71(102-16)49-65(107-87)48-64-29-26-54(7)79(104-64)59(12)83(95)103-38-41-113-112-40-35-77(92)88-37-23-22-25-53(6)70(91)45-61(82(93)94)52-114-111-39-24-42-115(97,98)66-30-33-69(75(50-66)116(99,100)101)78-67-31-27-62(89(18-2)19-3)46-72(67)105-73-47-63(28-32-68(73)78)90(20-4)21-5/h27-28,30-33,46-47,50,53-61,64-65,71,74,76,79-81,96H,17-26,29,34-45,48-49,51-52H2,1-16H3,(H2-,88,92,93,94,99,100,101)/p+1/t53-,54+,55+,56+,57-,58-,59-,60-,61-,64-,65-,71-,74-,76?,79?,80-,81-,84+,85-,86+,87-/m1/s1. The number of ether oxygens (including phenoxy) is 8. The van der Waals surface area contributed by atoms with Gasteiger partial charge in [0.1, 0.15) is 41.7 Å². The van der Waals surface area contributed by atoms with E-state index < -0.39 is 65.4 Å². The van der Waals surface area contributed by atoms with Crippen LogP contribution in [0.1, 0.15) is 207 Å². The van der Waals surface area contributed by atoms with Crippen molar-refractivity contribution in [1.82, 2.24) is 9.89 Å². The summed E-state index contributed by atoms with van der Waals surface area (Å²) >= 11 is 0. The van der Waals surface area contributed by atoms with Crippen molar-refractivity contribution in [2.45, 2.75) is 288 Å². The maximum Gasteiger partial charge on any atom is 0.311 e. The van der Waals surface area contributed by atoms with Gasteiger partial charge in [0.2, 0.25) is 11.3 Å². The summed E-state index contributed by atoms with van der Waals surface area (Å²) in [7, 11) is -1.66. The molecule has 8 aliphatic rings. The summed E-state index contributed by atoms with van der Waals surface area (Å²) in [4.78, 5) is 53.3. The molecule has 1 spiro atoms. The third-order valence-electron chi connectivity index (χ3n) is 26.1. The average molecular weight is 1730 g/mol. The van der Waals surface area contributed by atoms with Crippen LogP contribution < -0.4 is 20.1 Å². The average Bonchev–Trinajstić information content (AvgIpc) is 1.48. The molecular weight excluding hydrogens is 1600 g/mol. The van der Waals surface area contributed by atoms with E-state index in [1.165, 1.54) is 33.7 Å². The lowest BCUT2D eigenvalue weighted by molar-refractivity contribution is -0.352. The number of ketones is 1. The number of Topliss-reactive ketones (excluding diaryl/α,β-unsaturated/α-hetero) is 1. The van der Waals surface area contributed by atoms with Gasteiger partial charge in [-0.15, -0.1) is 0 Å². The molecule has 650 valence electrons. The summed E-state index contributed by atoms with van der Waals surface area (Å²) in [6, 6.07) is 15.2. The Kier molecular flexibility index (Phi) is 33.3. The predicted octanol–water partition coefficient (Wildman–Crippen LogP) is 15.6. The second kappa shape index (κ2) is 41.0. The van der Waals surface area contributed by atoms with Crippen molar-refractivity contribution >= 4 is 103 Å². The summed E-state index contributed by atoms with van der Waals surface area (Å²) in [6.07, 6.45) is 8.57. The largest absolute Gasteiger partial charge is 0.481 e. The van der Waals surface area contributed by atoms with E-state index in [1.807, 2.05) is 77.9 Å². The van der Waals surface area contributed by atoms with Crippen molar-refractivity contribution in [1.29, 1.82) is 0 Å². The van der Waals surface area contributed by atoms with Crippen molar-refractivity contribution < 1.29 is 93.1 Å². The van der Waals surface area contributed by atoms with E-state index in [0.717, 1.165) is 88.2 Å². The van der Waals surface area contributed by atoms with Gasteiger partial charge in [0.25, 0.3) is 10.1 Å². The number of carboxylic acid groups (broad SMARTS) is 1. The minimum absolute atomic E-state index is 0.0453. The number of nitrogens with zero attached hydrogens (tertiary/aromatic N) is 2. The van der Waals surface area contributed by atoms with Gasteiger partial charge in [0.05, 0.1) is 88.6 Å². The third kappa shape index (κ3) is 22.1. The Morgan fingerprint density at radius 3 is 2.18 bits per heavy atom. The monoisotopic (exact) mass is 1730 g/mol. The predicted molar refractivity (Wildman–Crippen MR) is 461 cm³/mol. The number of carbonyl (C=O) groups excluding carboxylic acids is 3. The molecule has 23 nitrogen and oxygen atoms in total. The number of carbonyl (C=O) groups is 4. The zero-order valence-electron chi connectivity index (χ0n) is 71.2. The highest BCUT2D eigenvalue weighted by Crippen LogP contribution is 2.58. The highest BCUT2D eigenvalue weighted by atomic mass is 33.1. The van der Waals surface area contributed by atoms with Crippen LogP contribution in [-0.2, 0) is 77.0 Å². The Labute approximate surface area is 705 Å². The first kappa shape index (κ1) is 94.2. The van der Waals surface area contributed by atoms with Gasteiger partial charge < -0.3 is 62.7 Å². The molecule has 1 amide bonds. The zero-order chi connectivity index (χ0) is 84.4. The molecule has 2 unspecified atom stereocenters. The molecular formula is C87H132N3O20S6+. The smallest absolute Gasteiger partial charge is 0.311 e. The van der Waals surface area contributed by atoms with Crippen LogP contribution in [-0.4, -0.2) is 202 Å². The lowest BCUT2D eigenvalue weighted by atomic mass is 9.78. The number of benzene rings is 3. The number of hydrogen-bond donors (Lipinski definition) is 4. The Morgan fingerprint density at radius 2 is 1.48 bits per heavy atom. The summed E-state index contributed by atoms with van der Waals surface area (Å²) in [6.45, 7) is 35.0. The quantitative estimate of drug-likeness (QED) is 0.00803. The minimum atomic E-state index is -4.98. The Morgan fingerprint density at radius 1 is 0.759 bits per heavy atom. The van der Waals surface area contributed by atoms with Crippen LogP contribution >= 0.6 is 43.2 Å². The number of anilines is 1. The highest BCUT2D eigenvalue weighted by molar-refractivity contribution is 8.77. The molecule has 0 aromatic heterocycles. The molecule has 116 heavy (non-hydrogen) atoms. The van der Waals surface area contributed by atoms with Crippen LogP contribution in [0.5, 0.6) is 0 Å². The number of hydrogen-bond acceptors (Lipinski definition) is 23.